The Balaban J connectivity index is 2.17. The van der Waals surface area contributed by atoms with Crippen molar-refractivity contribution in [1.82, 2.24) is 5.32 Å². The summed E-state index contributed by atoms with van der Waals surface area (Å²) in [5.41, 5.74) is 1.37. The summed E-state index contributed by atoms with van der Waals surface area (Å²) in [5.74, 6) is -0.532. The van der Waals surface area contributed by atoms with Crippen LogP contribution in [0.4, 0.5) is 5.69 Å². The van der Waals surface area contributed by atoms with E-state index in [1.165, 1.54) is 14.0 Å². The molecule has 2 rings (SSSR count). The zero-order valence-corrected chi connectivity index (χ0v) is 15.9. The fourth-order valence-electron chi connectivity index (χ4n) is 2.62. The predicted octanol–water partition coefficient (Wildman–Crippen LogP) is 3.29. The molecule has 2 amide bonds. The molecule has 1 atom stereocenters. The molecule has 0 aliphatic heterocycles. The summed E-state index contributed by atoms with van der Waals surface area (Å²) in [6, 6.07) is 12.8. The highest BCUT2D eigenvalue weighted by molar-refractivity contribution is 6.03. The molecule has 0 aliphatic carbocycles. The number of methoxy groups -OCH3 is 1. The van der Waals surface area contributed by atoms with Gasteiger partial charge in [-0.2, -0.15) is 0 Å². The third-order valence-electron chi connectivity index (χ3n) is 4.12. The van der Waals surface area contributed by atoms with Crippen molar-refractivity contribution in [2.75, 3.05) is 12.4 Å². The third kappa shape index (κ3) is 5.17. The number of hydrogen-bond acceptors (Lipinski definition) is 4. The molecule has 0 radical (unpaired) electrons. The summed E-state index contributed by atoms with van der Waals surface area (Å²) in [6.07, 6.45) is 0. The van der Waals surface area contributed by atoms with Gasteiger partial charge in [0, 0.05) is 11.3 Å². The zero-order chi connectivity index (χ0) is 20.0. The van der Waals surface area contributed by atoms with E-state index in [1.807, 2.05) is 13.8 Å². The van der Waals surface area contributed by atoms with Crippen molar-refractivity contribution in [3.05, 3.63) is 59.7 Å². The molecule has 2 aromatic rings. The van der Waals surface area contributed by atoms with E-state index in [1.54, 1.807) is 48.5 Å². The lowest BCUT2D eigenvalue weighted by Crippen LogP contribution is -2.47. The number of rotatable bonds is 7. The summed E-state index contributed by atoms with van der Waals surface area (Å²) < 4.78 is 5.21. The molecule has 2 aromatic carbocycles. The number of ether oxygens (including phenoxy) is 1. The van der Waals surface area contributed by atoms with Crippen molar-refractivity contribution in [1.29, 1.82) is 0 Å². The van der Waals surface area contributed by atoms with Gasteiger partial charge in [-0.05, 0) is 37.1 Å². The summed E-state index contributed by atoms with van der Waals surface area (Å²) in [7, 11) is 1.49. The number of amides is 2. The summed E-state index contributed by atoms with van der Waals surface area (Å²) in [5, 5.41) is 5.53. The molecule has 0 saturated heterocycles. The molecule has 0 heterocycles. The van der Waals surface area contributed by atoms with Crippen molar-refractivity contribution in [3.8, 4) is 5.75 Å². The number of carbonyl (C=O) groups is 3. The molecule has 0 aliphatic rings. The second kappa shape index (κ2) is 8.98. The number of hydrogen-bond donors (Lipinski definition) is 2. The van der Waals surface area contributed by atoms with Crippen LogP contribution >= 0.6 is 0 Å². The Bertz CT molecular complexity index is 846. The van der Waals surface area contributed by atoms with Crippen LogP contribution in [0.2, 0.25) is 0 Å². The number of para-hydroxylation sites is 1. The van der Waals surface area contributed by atoms with E-state index in [4.69, 9.17) is 4.74 Å². The van der Waals surface area contributed by atoms with Crippen LogP contribution in [-0.2, 0) is 4.79 Å². The second-order valence-corrected chi connectivity index (χ2v) is 6.52. The van der Waals surface area contributed by atoms with Gasteiger partial charge in [0.1, 0.15) is 11.8 Å². The van der Waals surface area contributed by atoms with Gasteiger partial charge in [-0.3, -0.25) is 14.4 Å². The number of ketones is 1. The van der Waals surface area contributed by atoms with Crippen molar-refractivity contribution in [2.24, 2.45) is 5.92 Å². The van der Waals surface area contributed by atoms with Crippen molar-refractivity contribution >= 4 is 23.3 Å². The number of anilines is 1. The molecule has 1 unspecified atom stereocenters. The number of benzene rings is 2. The van der Waals surface area contributed by atoms with Gasteiger partial charge in [-0.15, -0.1) is 0 Å². The van der Waals surface area contributed by atoms with E-state index in [-0.39, 0.29) is 17.6 Å². The maximum absolute atomic E-state index is 12.7. The van der Waals surface area contributed by atoms with Crippen molar-refractivity contribution in [3.63, 3.8) is 0 Å². The first kappa shape index (κ1) is 20.2. The minimum Gasteiger partial charge on any atom is -0.496 e. The van der Waals surface area contributed by atoms with Gasteiger partial charge in [0.25, 0.3) is 5.91 Å². The predicted molar refractivity (Wildman–Crippen MR) is 104 cm³/mol. The Kier molecular flexibility index (Phi) is 6.71. The first-order valence-corrected chi connectivity index (χ1v) is 8.69. The molecule has 2 N–H and O–H groups in total. The minimum absolute atomic E-state index is 0.0871. The molecular formula is C21H24N2O4. The Morgan fingerprint density at radius 3 is 2.33 bits per heavy atom. The Labute approximate surface area is 158 Å². The topological polar surface area (TPSA) is 84.5 Å². The smallest absolute Gasteiger partial charge is 0.255 e. The highest BCUT2D eigenvalue weighted by Crippen LogP contribution is 2.18. The Morgan fingerprint density at radius 2 is 1.70 bits per heavy atom. The molecule has 0 saturated carbocycles. The van der Waals surface area contributed by atoms with Crippen LogP contribution in [0, 0.1) is 5.92 Å². The van der Waals surface area contributed by atoms with Gasteiger partial charge < -0.3 is 15.4 Å². The number of carbonyl (C=O) groups excluding carboxylic acids is 3. The SMILES string of the molecule is COc1ccccc1C(=O)NC(C(=O)Nc1cccc(C(C)=O)c1)C(C)C. The van der Waals surface area contributed by atoms with E-state index in [0.717, 1.165) is 0 Å². The van der Waals surface area contributed by atoms with Gasteiger partial charge in [-0.1, -0.05) is 38.1 Å². The zero-order valence-electron chi connectivity index (χ0n) is 15.9. The van der Waals surface area contributed by atoms with E-state index in [0.29, 0.717) is 22.6 Å². The Morgan fingerprint density at radius 1 is 1.00 bits per heavy atom. The number of Topliss-reactive ketones (excluding diaryl/α,β-unsaturated/α-hetero) is 1. The van der Waals surface area contributed by atoms with Gasteiger partial charge in [-0.25, -0.2) is 0 Å². The normalized spacial score (nSPS) is 11.6. The van der Waals surface area contributed by atoms with Crippen LogP contribution < -0.4 is 15.4 Å². The standard InChI is InChI=1S/C21H24N2O4/c1-13(2)19(23-20(25)17-10-5-6-11-18(17)27-4)21(26)22-16-9-7-8-15(12-16)14(3)24/h5-13,19H,1-4H3,(H,22,26)(H,23,25). The molecule has 27 heavy (non-hydrogen) atoms. The fourth-order valence-corrected chi connectivity index (χ4v) is 2.62. The lowest BCUT2D eigenvalue weighted by atomic mass is 10.0. The highest BCUT2D eigenvalue weighted by atomic mass is 16.5. The number of nitrogens with one attached hydrogen (secondary N) is 2. The van der Waals surface area contributed by atoms with Gasteiger partial charge >= 0.3 is 0 Å². The monoisotopic (exact) mass is 368 g/mol. The lowest BCUT2D eigenvalue weighted by molar-refractivity contribution is -0.118. The first-order valence-electron chi connectivity index (χ1n) is 8.69. The van der Waals surface area contributed by atoms with Crippen molar-refractivity contribution in [2.45, 2.75) is 26.8 Å². The second-order valence-electron chi connectivity index (χ2n) is 6.52. The van der Waals surface area contributed by atoms with Crippen LogP contribution in [0.25, 0.3) is 0 Å². The Hall–Kier alpha value is -3.15. The molecule has 142 valence electrons. The van der Waals surface area contributed by atoms with Gasteiger partial charge in [0.2, 0.25) is 5.91 Å². The summed E-state index contributed by atoms with van der Waals surface area (Å²) >= 11 is 0. The molecular weight excluding hydrogens is 344 g/mol. The van der Waals surface area contributed by atoms with Crippen LogP contribution in [0.1, 0.15) is 41.5 Å². The highest BCUT2D eigenvalue weighted by Gasteiger charge is 2.26. The van der Waals surface area contributed by atoms with Crippen LogP contribution in [0.5, 0.6) is 5.75 Å². The summed E-state index contributed by atoms with van der Waals surface area (Å²) in [6.45, 7) is 5.16. The molecule has 0 spiro atoms. The maximum Gasteiger partial charge on any atom is 0.255 e. The van der Waals surface area contributed by atoms with E-state index < -0.39 is 11.9 Å². The molecule has 0 bridgehead atoms. The van der Waals surface area contributed by atoms with Crippen molar-refractivity contribution < 1.29 is 19.1 Å². The fraction of sp³-hybridized carbons (Fsp3) is 0.286. The molecule has 6 heteroatoms. The average molecular weight is 368 g/mol. The molecule has 0 fully saturated rings. The molecule has 6 nitrogen and oxygen atoms in total. The quantitative estimate of drug-likeness (QED) is 0.735. The largest absolute Gasteiger partial charge is 0.496 e. The van der Waals surface area contributed by atoms with E-state index >= 15 is 0 Å². The minimum atomic E-state index is -0.747. The third-order valence-corrected chi connectivity index (χ3v) is 4.12. The summed E-state index contributed by atoms with van der Waals surface area (Å²) in [4.78, 5) is 36.8. The van der Waals surface area contributed by atoms with Gasteiger partial charge in [0.05, 0.1) is 12.7 Å². The van der Waals surface area contributed by atoms with Crippen LogP contribution in [0.15, 0.2) is 48.5 Å². The van der Waals surface area contributed by atoms with E-state index in [2.05, 4.69) is 10.6 Å². The maximum atomic E-state index is 12.7. The lowest BCUT2D eigenvalue weighted by Gasteiger charge is -2.22. The molecule has 0 aromatic heterocycles. The van der Waals surface area contributed by atoms with E-state index in [9.17, 15) is 14.4 Å². The van der Waals surface area contributed by atoms with Crippen LogP contribution in [-0.4, -0.2) is 30.7 Å². The van der Waals surface area contributed by atoms with Crippen LogP contribution in [0.3, 0.4) is 0 Å². The van der Waals surface area contributed by atoms with Gasteiger partial charge in [0.15, 0.2) is 5.78 Å². The average Bonchev–Trinajstić information content (AvgIpc) is 2.65. The first-order chi connectivity index (χ1) is 12.8.